The summed E-state index contributed by atoms with van der Waals surface area (Å²) in [4.78, 5) is 38.2. The lowest BCUT2D eigenvalue weighted by molar-refractivity contribution is -0.142. The highest BCUT2D eigenvalue weighted by Crippen LogP contribution is 2.30. The molecule has 6 nitrogen and oxygen atoms in total. The van der Waals surface area contributed by atoms with Gasteiger partial charge in [0.25, 0.3) is 5.78 Å². The third-order valence-corrected chi connectivity index (χ3v) is 3.85. The van der Waals surface area contributed by atoms with Crippen molar-refractivity contribution in [2.45, 2.75) is 18.9 Å². The lowest BCUT2D eigenvalue weighted by Crippen LogP contribution is -2.45. The molecule has 20 heavy (non-hydrogen) atoms. The largest absolute Gasteiger partial charge is 0.480 e. The quantitative estimate of drug-likeness (QED) is 0.822. The third-order valence-electron chi connectivity index (χ3n) is 3.85. The number of benzene rings is 1. The van der Waals surface area contributed by atoms with Gasteiger partial charge in [-0.1, -0.05) is 12.1 Å². The Balaban J connectivity index is 1.86. The summed E-state index contributed by atoms with van der Waals surface area (Å²) in [5.41, 5.74) is 0.960. The number of carboxylic acid groups (broad SMARTS) is 1. The minimum Gasteiger partial charge on any atom is -0.480 e. The lowest BCUT2D eigenvalue weighted by Gasteiger charge is -2.27. The summed E-state index contributed by atoms with van der Waals surface area (Å²) < 4.78 is 0. The van der Waals surface area contributed by atoms with Crippen LogP contribution in [0.25, 0.3) is 0 Å². The average molecular weight is 274 g/mol. The Morgan fingerprint density at radius 2 is 2.05 bits per heavy atom. The Labute approximate surface area is 115 Å². The lowest BCUT2D eigenvalue weighted by atomic mass is 10.1. The molecular formula is C14H14N2O4. The number of aliphatic carboxylic acids is 1. The second-order valence-corrected chi connectivity index (χ2v) is 5.03. The van der Waals surface area contributed by atoms with Crippen LogP contribution < -0.4 is 4.90 Å². The van der Waals surface area contributed by atoms with Crippen LogP contribution in [0.4, 0.5) is 5.69 Å². The molecule has 1 unspecified atom stereocenters. The SMILES string of the molecule is O=C1C(=O)N(CN2CCCC2C(=O)O)c2ccccc21. The van der Waals surface area contributed by atoms with Gasteiger partial charge in [-0.05, 0) is 25.0 Å². The van der Waals surface area contributed by atoms with Crippen molar-refractivity contribution in [2.24, 2.45) is 0 Å². The number of anilines is 1. The summed E-state index contributed by atoms with van der Waals surface area (Å²) in [6, 6.07) is 6.23. The van der Waals surface area contributed by atoms with Gasteiger partial charge < -0.3 is 5.11 Å². The molecule has 2 aliphatic rings. The molecule has 6 heteroatoms. The van der Waals surface area contributed by atoms with Crippen LogP contribution in [-0.4, -0.2) is 46.9 Å². The standard InChI is InChI=1S/C14H14N2O4/c17-12-9-4-1-2-5-10(9)16(13(12)18)8-15-7-3-6-11(15)14(19)20/h1-2,4-5,11H,3,6-8H2,(H,19,20). The zero-order valence-corrected chi connectivity index (χ0v) is 10.8. The molecule has 1 aromatic carbocycles. The number of nitrogens with zero attached hydrogens (tertiary/aromatic N) is 2. The van der Waals surface area contributed by atoms with Crippen molar-refractivity contribution >= 4 is 23.3 Å². The van der Waals surface area contributed by atoms with E-state index in [4.69, 9.17) is 5.11 Å². The van der Waals surface area contributed by atoms with E-state index in [0.29, 0.717) is 24.2 Å². The number of ketones is 1. The highest BCUT2D eigenvalue weighted by Gasteiger charge is 2.39. The summed E-state index contributed by atoms with van der Waals surface area (Å²) in [6.45, 7) is 0.773. The molecule has 0 saturated carbocycles. The van der Waals surface area contributed by atoms with E-state index >= 15 is 0 Å². The smallest absolute Gasteiger partial charge is 0.320 e. The number of amides is 1. The molecule has 2 aliphatic heterocycles. The van der Waals surface area contributed by atoms with Crippen molar-refractivity contribution in [3.8, 4) is 0 Å². The van der Waals surface area contributed by atoms with Gasteiger partial charge in [0.05, 0.1) is 17.9 Å². The highest BCUT2D eigenvalue weighted by atomic mass is 16.4. The van der Waals surface area contributed by atoms with Crippen LogP contribution in [0.5, 0.6) is 0 Å². The second-order valence-electron chi connectivity index (χ2n) is 5.03. The number of hydrogen-bond donors (Lipinski definition) is 1. The zero-order valence-electron chi connectivity index (χ0n) is 10.8. The normalized spacial score (nSPS) is 22.4. The summed E-state index contributed by atoms with van der Waals surface area (Å²) in [5, 5.41) is 9.16. The van der Waals surface area contributed by atoms with E-state index in [1.807, 2.05) is 0 Å². The van der Waals surface area contributed by atoms with Crippen molar-refractivity contribution in [1.29, 1.82) is 0 Å². The maximum Gasteiger partial charge on any atom is 0.320 e. The van der Waals surface area contributed by atoms with E-state index in [2.05, 4.69) is 0 Å². The van der Waals surface area contributed by atoms with E-state index in [9.17, 15) is 14.4 Å². The van der Waals surface area contributed by atoms with Crippen LogP contribution >= 0.6 is 0 Å². The number of carbonyl (C=O) groups excluding carboxylic acids is 2. The molecular weight excluding hydrogens is 260 g/mol. The first kappa shape index (κ1) is 12.8. The number of Topliss-reactive ketones (excluding diaryl/α,β-unsaturated/α-hetero) is 1. The number of hydrogen-bond acceptors (Lipinski definition) is 4. The Morgan fingerprint density at radius 1 is 1.30 bits per heavy atom. The van der Waals surface area contributed by atoms with Gasteiger partial charge >= 0.3 is 11.9 Å². The molecule has 1 N–H and O–H groups in total. The third kappa shape index (κ3) is 1.89. The van der Waals surface area contributed by atoms with E-state index in [-0.39, 0.29) is 6.67 Å². The monoisotopic (exact) mass is 274 g/mol. The first-order valence-corrected chi connectivity index (χ1v) is 6.51. The van der Waals surface area contributed by atoms with Gasteiger partial charge in [0, 0.05) is 6.54 Å². The molecule has 0 spiro atoms. The minimum absolute atomic E-state index is 0.151. The van der Waals surface area contributed by atoms with Gasteiger partial charge in [-0.25, -0.2) is 0 Å². The van der Waals surface area contributed by atoms with E-state index < -0.39 is 23.7 Å². The van der Waals surface area contributed by atoms with Gasteiger partial charge in [0.2, 0.25) is 0 Å². The fraction of sp³-hybridized carbons (Fsp3) is 0.357. The predicted molar refractivity (Wildman–Crippen MR) is 70.5 cm³/mol. The molecule has 104 valence electrons. The van der Waals surface area contributed by atoms with Crippen molar-refractivity contribution in [3.05, 3.63) is 29.8 Å². The summed E-state index contributed by atoms with van der Waals surface area (Å²) in [5.74, 6) is -1.98. The number of fused-ring (bicyclic) bond motifs is 1. The Hall–Kier alpha value is -2.21. The molecule has 1 atom stereocenters. The summed E-state index contributed by atoms with van der Waals surface area (Å²) in [6.07, 6.45) is 1.36. The second kappa shape index (κ2) is 4.72. The summed E-state index contributed by atoms with van der Waals surface area (Å²) >= 11 is 0. The predicted octanol–water partition coefficient (Wildman–Crippen LogP) is 0.722. The fourth-order valence-electron chi connectivity index (χ4n) is 2.85. The molecule has 1 saturated heterocycles. The maximum absolute atomic E-state index is 12.0. The van der Waals surface area contributed by atoms with Gasteiger partial charge in [0.15, 0.2) is 0 Å². The van der Waals surface area contributed by atoms with Gasteiger partial charge in [-0.15, -0.1) is 0 Å². The molecule has 1 fully saturated rings. The number of carbonyl (C=O) groups is 3. The van der Waals surface area contributed by atoms with Crippen molar-refractivity contribution in [3.63, 3.8) is 0 Å². The van der Waals surface area contributed by atoms with Crippen molar-refractivity contribution in [2.75, 3.05) is 18.1 Å². The van der Waals surface area contributed by atoms with Crippen LogP contribution in [0.2, 0.25) is 0 Å². The molecule has 3 rings (SSSR count). The Kier molecular flexibility index (Phi) is 3.02. The molecule has 2 heterocycles. The molecule has 0 aliphatic carbocycles. The van der Waals surface area contributed by atoms with E-state index in [0.717, 1.165) is 6.42 Å². The number of carboxylic acids is 1. The van der Waals surface area contributed by atoms with E-state index in [1.54, 1.807) is 29.2 Å². The highest BCUT2D eigenvalue weighted by molar-refractivity contribution is 6.52. The average Bonchev–Trinajstić information content (AvgIpc) is 2.99. The van der Waals surface area contributed by atoms with Crippen LogP contribution in [0.3, 0.4) is 0 Å². The maximum atomic E-state index is 12.0. The van der Waals surface area contributed by atoms with Crippen LogP contribution in [-0.2, 0) is 9.59 Å². The molecule has 0 radical (unpaired) electrons. The van der Waals surface area contributed by atoms with Crippen LogP contribution in [0, 0.1) is 0 Å². The van der Waals surface area contributed by atoms with Crippen molar-refractivity contribution in [1.82, 2.24) is 4.90 Å². The van der Waals surface area contributed by atoms with Gasteiger partial charge in [-0.3, -0.25) is 24.2 Å². The van der Waals surface area contributed by atoms with Crippen LogP contribution in [0.1, 0.15) is 23.2 Å². The number of likely N-dealkylation sites (tertiary alicyclic amines) is 1. The van der Waals surface area contributed by atoms with E-state index in [1.165, 1.54) is 4.90 Å². The number of rotatable bonds is 3. The van der Waals surface area contributed by atoms with Crippen LogP contribution in [0.15, 0.2) is 24.3 Å². The van der Waals surface area contributed by atoms with Gasteiger partial charge in [0.1, 0.15) is 6.04 Å². The molecule has 1 amide bonds. The molecule has 0 bridgehead atoms. The first-order chi connectivity index (χ1) is 9.59. The fourth-order valence-corrected chi connectivity index (χ4v) is 2.85. The van der Waals surface area contributed by atoms with Crippen molar-refractivity contribution < 1.29 is 19.5 Å². The summed E-state index contributed by atoms with van der Waals surface area (Å²) in [7, 11) is 0. The number of para-hydroxylation sites is 1. The Morgan fingerprint density at radius 3 is 2.80 bits per heavy atom. The first-order valence-electron chi connectivity index (χ1n) is 6.51. The Bertz CT molecular complexity index is 599. The molecule has 1 aromatic rings. The topological polar surface area (TPSA) is 77.9 Å². The minimum atomic E-state index is -0.881. The molecule has 0 aromatic heterocycles. The zero-order chi connectivity index (χ0) is 14.3. The van der Waals surface area contributed by atoms with Gasteiger partial charge in [-0.2, -0.15) is 0 Å².